The SMILES string of the molecule is C[C@]12CC[C@H]3[C@@H](CCC4=C/C(=C5\C=CC(=O)S5)CC[C@@]43C)[C@@H]1CC[C@H]2O. The van der Waals surface area contributed by atoms with E-state index >= 15 is 0 Å². The Morgan fingerprint density at radius 3 is 2.65 bits per heavy atom. The molecule has 0 bridgehead atoms. The van der Waals surface area contributed by atoms with Crippen molar-refractivity contribution in [1.29, 1.82) is 0 Å². The number of carbonyl (C=O) groups excluding carboxylic acids is 1. The van der Waals surface area contributed by atoms with Crippen molar-refractivity contribution in [2.75, 3.05) is 0 Å². The fraction of sp³-hybridized carbons (Fsp3) is 0.696. The molecule has 0 amide bonds. The minimum atomic E-state index is -0.0791. The van der Waals surface area contributed by atoms with E-state index in [9.17, 15) is 9.90 Å². The molecule has 1 heterocycles. The third kappa shape index (κ3) is 2.32. The molecule has 2 nitrogen and oxygen atoms in total. The van der Waals surface area contributed by atoms with Crippen molar-refractivity contribution in [2.45, 2.75) is 71.3 Å². The third-order valence-electron chi connectivity index (χ3n) is 8.85. The lowest BCUT2D eigenvalue weighted by molar-refractivity contribution is -0.106. The highest BCUT2D eigenvalue weighted by Crippen LogP contribution is 2.65. The molecule has 1 aliphatic heterocycles. The van der Waals surface area contributed by atoms with Crippen molar-refractivity contribution >= 4 is 16.9 Å². The van der Waals surface area contributed by atoms with E-state index < -0.39 is 0 Å². The lowest BCUT2D eigenvalue weighted by Crippen LogP contribution is -2.50. The zero-order valence-corrected chi connectivity index (χ0v) is 16.8. The predicted molar refractivity (Wildman–Crippen MR) is 106 cm³/mol. The van der Waals surface area contributed by atoms with Crippen LogP contribution in [0.2, 0.25) is 0 Å². The molecule has 0 radical (unpaired) electrons. The number of thioether (sulfide) groups is 1. The molecule has 140 valence electrons. The summed E-state index contributed by atoms with van der Waals surface area (Å²) in [6.45, 7) is 4.89. The number of hydrogen-bond acceptors (Lipinski definition) is 3. The Balaban J connectivity index is 1.47. The first-order valence-electron chi connectivity index (χ1n) is 10.4. The molecule has 3 heteroatoms. The third-order valence-corrected chi connectivity index (χ3v) is 9.80. The molecule has 5 aliphatic rings. The molecule has 26 heavy (non-hydrogen) atoms. The number of aliphatic hydroxyl groups is 1. The van der Waals surface area contributed by atoms with Gasteiger partial charge in [0.1, 0.15) is 0 Å². The van der Waals surface area contributed by atoms with E-state index in [2.05, 4.69) is 19.9 Å². The maximum Gasteiger partial charge on any atom is 0.216 e. The van der Waals surface area contributed by atoms with E-state index in [0.717, 1.165) is 30.6 Å². The van der Waals surface area contributed by atoms with Crippen LogP contribution in [0.25, 0.3) is 0 Å². The van der Waals surface area contributed by atoms with E-state index in [0.29, 0.717) is 5.41 Å². The van der Waals surface area contributed by atoms with E-state index in [4.69, 9.17) is 0 Å². The molecule has 0 aromatic heterocycles. The van der Waals surface area contributed by atoms with Crippen LogP contribution in [0.15, 0.2) is 34.3 Å². The maximum absolute atomic E-state index is 11.6. The quantitative estimate of drug-likeness (QED) is 0.621. The van der Waals surface area contributed by atoms with Gasteiger partial charge in [-0.3, -0.25) is 4.79 Å². The van der Waals surface area contributed by atoms with Gasteiger partial charge in [0.2, 0.25) is 5.12 Å². The molecule has 0 saturated heterocycles. The minimum Gasteiger partial charge on any atom is -0.393 e. The minimum absolute atomic E-state index is 0.0791. The van der Waals surface area contributed by atoms with Crippen molar-refractivity contribution in [3.63, 3.8) is 0 Å². The van der Waals surface area contributed by atoms with Crippen LogP contribution < -0.4 is 0 Å². The van der Waals surface area contributed by atoms with Crippen LogP contribution in [0, 0.1) is 28.6 Å². The average Bonchev–Trinajstić information content (AvgIpc) is 3.18. The van der Waals surface area contributed by atoms with Crippen molar-refractivity contribution in [3.05, 3.63) is 34.3 Å². The van der Waals surface area contributed by atoms with Gasteiger partial charge in [-0.2, -0.15) is 0 Å². The van der Waals surface area contributed by atoms with Gasteiger partial charge in [-0.15, -0.1) is 0 Å². The first kappa shape index (κ1) is 17.3. The highest BCUT2D eigenvalue weighted by molar-refractivity contribution is 8.17. The van der Waals surface area contributed by atoms with E-state index in [1.54, 1.807) is 11.6 Å². The van der Waals surface area contributed by atoms with Gasteiger partial charge in [-0.05, 0) is 109 Å². The van der Waals surface area contributed by atoms with Gasteiger partial charge in [0.25, 0.3) is 0 Å². The molecule has 0 spiro atoms. The van der Waals surface area contributed by atoms with Gasteiger partial charge >= 0.3 is 0 Å². The molecule has 5 rings (SSSR count). The second kappa shape index (κ2) is 5.85. The maximum atomic E-state index is 11.6. The zero-order chi connectivity index (χ0) is 18.1. The summed E-state index contributed by atoms with van der Waals surface area (Å²) in [4.78, 5) is 12.8. The highest BCUT2D eigenvalue weighted by Gasteiger charge is 2.58. The summed E-state index contributed by atoms with van der Waals surface area (Å²) >= 11 is 1.40. The van der Waals surface area contributed by atoms with E-state index in [1.807, 2.05) is 6.08 Å². The summed E-state index contributed by atoms with van der Waals surface area (Å²) in [7, 11) is 0. The molecule has 0 aromatic rings. The van der Waals surface area contributed by atoms with Crippen LogP contribution >= 0.6 is 11.8 Å². The van der Waals surface area contributed by atoms with Crippen LogP contribution in [0.4, 0.5) is 0 Å². The number of allylic oxidation sites excluding steroid dienone is 4. The number of aliphatic hydroxyl groups excluding tert-OH is 1. The summed E-state index contributed by atoms with van der Waals surface area (Å²) in [6.07, 6.45) is 15.7. The van der Waals surface area contributed by atoms with Crippen molar-refractivity contribution in [2.24, 2.45) is 28.6 Å². The Kier molecular flexibility index (Phi) is 3.89. The molecule has 0 unspecified atom stereocenters. The fourth-order valence-electron chi connectivity index (χ4n) is 7.25. The number of carbonyl (C=O) groups is 1. The van der Waals surface area contributed by atoms with Crippen molar-refractivity contribution in [1.82, 2.24) is 0 Å². The Bertz CT molecular complexity index is 747. The predicted octanol–water partition coefficient (Wildman–Crippen LogP) is 5.39. The Labute approximate surface area is 161 Å². The monoisotopic (exact) mass is 370 g/mol. The Morgan fingerprint density at radius 1 is 1.04 bits per heavy atom. The number of hydrogen-bond donors (Lipinski definition) is 1. The van der Waals surface area contributed by atoms with Gasteiger partial charge in [0.05, 0.1) is 6.10 Å². The van der Waals surface area contributed by atoms with E-state index in [1.165, 1.54) is 60.8 Å². The number of fused-ring (bicyclic) bond motifs is 5. The molecule has 1 N–H and O–H groups in total. The lowest BCUT2D eigenvalue weighted by Gasteiger charge is -2.58. The first-order valence-corrected chi connectivity index (χ1v) is 11.3. The van der Waals surface area contributed by atoms with Gasteiger partial charge in [0.15, 0.2) is 0 Å². The van der Waals surface area contributed by atoms with E-state index in [-0.39, 0.29) is 16.6 Å². The molecule has 3 fully saturated rings. The Morgan fingerprint density at radius 2 is 1.88 bits per heavy atom. The average molecular weight is 371 g/mol. The van der Waals surface area contributed by atoms with Crippen LogP contribution in [0.1, 0.15) is 65.2 Å². The summed E-state index contributed by atoms with van der Waals surface area (Å²) in [5, 5.41) is 10.8. The summed E-state index contributed by atoms with van der Waals surface area (Å²) < 4.78 is 0. The molecular formula is C23H30O2S. The standard InChI is InChI=1S/C23H30O2S/c1-22-11-9-14(19-6-8-21(25)26-19)13-15(22)3-4-16-17-5-7-20(24)23(17,2)12-10-18(16)22/h6,8,13,16-18,20,24H,3-5,7,9-12H2,1-2H3/b19-14+/t16-,17-,18-,20+,22-,23-/m0/s1. The molecule has 3 saturated carbocycles. The molecule has 0 aromatic carbocycles. The topological polar surface area (TPSA) is 37.3 Å². The van der Waals surface area contributed by atoms with Crippen LogP contribution in [-0.4, -0.2) is 16.3 Å². The number of rotatable bonds is 0. The molecule has 6 atom stereocenters. The molecule has 4 aliphatic carbocycles. The van der Waals surface area contributed by atoms with Crippen LogP contribution in [0.3, 0.4) is 0 Å². The summed E-state index contributed by atoms with van der Waals surface area (Å²) in [5.74, 6) is 2.30. The summed E-state index contributed by atoms with van der Waals surface area (Å²) in [5.41, 5.74) is 3.54. The summed E-state index contributed by atoms with van der Waals surface area (Å²) in [6, 6.07) is 0. The van der Waals surface area contributed by atoms with Crippen molar-refractivity contribution in [3.8, 4) is 0 Å². The second-order valence-electron chi connectivity index (χ2n) is 9.78. The van der Waals surface area contributed by atoms with Crippen LogP contribution in [-0.2, 0) is 4.79 Å². The fourth-order valence-corrected chi connectivity index (χ4v) is 8.03. The van der Waals surface area contributed by atoms with Gasteiger partial charge in [-0.1, -0.05) is 25.5 Å². The van der Waals surface area contributed by atoms with Crippen molar-refractivity contribution < 1.29 is 9.90 Å². The molecular weight excluding hydrogens is 340 g/mol. The van der Waals surface area contributed by atoms with Gasteiger partial charge < -0.3 is 5.11 Å². The van der Waals surface area contributed by atoms with Gasteiger partial charge in [0, 0.05) is 4.91 Å². The highest BCUT2D eigenvalue weighted by atomic mass is 32.2. The first-order chi connectivity index (χ1) is 12.4. The lowest BCUT2D eigenvalue weighted by atomic mass is 9.47. The zero-order valence-electron chi connectivity index (χ0n) is 16.0. The largest absolute Gasteiger partial charge is 0.393 e. The van der Waals surface area contributed by atoms with Gasteiger partial charge in [-0.25, -0.2) is 0 Å². The normalized spacial score (nSPS) is 50.3. The smallest absolute Gasteiger partial charge is 0.216 e. The van der Waals surface area contributed by atoms with Crippen LogP contribution in [0.5, 0.6) is 0 Å². The Hall–Kier alpha value is -0.800. The second-order valence-corrected chi connectivity index (χ2v) is 10.8.